The first kappa shape index (κ1) is 23.5. The Labute approximate surface area is 196 Å². The van der Waals surface area contributed by atoms with E-state index in [0.29, 0.717) is 17.1 Å². The van der Waals surface area contributed by atoms with Crippen molar-refractivity contribution in [3.63, 3.8) is 0 Å². The minimum absolute atomic E-state index is 0.0469. The van der Waals surface area contributed by atoms with E-state index in [1.807, 2.05) is 48.5 Å². The largest absolute Gasteiger partial charge is 0.451 e. The summed E-state index contributed by atoms with van der Waals surface area (Å²) < 4.78 is 43.7. The van der Waals surface area contributed by atoms with Gasteiger partial charge < -0.3 is 4.74 Å². The molecule has 0 bridgehead atoms. The molecule has 3 aromatic rings. The van der Waals surface area contributed by atoms with Crippen LogP contribution in [0.25, 0.3) is 5.69 Å². The number of carbonyl (C=O) groups is 1. The Hall–Kier alpha value is -3.64. The van der Waals surface area contributed by atoms with Gasteiger partial charge in [0.05, 0.1) is 23.6 Å². The fraction of sp³-hybridized carbons (Fsp3) is 0.240. The summed E-state index contributed by atoms with van der Waals surface area (Å²) in [6, 6.07) is 15.3. The highest BCUT2D eigenvalue weighted by Gasteiger charge is 2.32. The van der Waals surface area contributed by atoms with Crippen LogP contribution in [-0.4, -0.2) is 42.1 Å². The zero-order valence-corrected chi connectivity index (χ0v) is 19.9. The molecular formula is C25H22F3N3O2Si. The van der Waals surface area contributed by atoms with E-state index in [0.717, 1.165) is 16.7 Å². The molecule has 5 nitrogen and oxygen atoms in total. The van der Waals surface area contributed by atoms with Gasteiger partial charge in [0.25, 0.3) is 0 Å². The lowest BCUT2D eigenvalue weighted by molar-refractivity contribution is -0.161. The number of imidazole rings is 1. The van der Waals surface area contributed by atoms with Crippen molar-refractivity contribution in [3.8, 4) is 17.2 Å². The number of halogens is 3. The second-order valence-electron chi connectivity index (χ2n) is 8.86. The van der Waals surface area contributed by atoms with Gasteiger partial charge in [0, 0.05) is 16.7 Å². The van der Waals surface area contributed by atoms with Crippen LogP contribution in [0.2, 0.25) is 19.6 Å². The number of nitrogens with zero attached hydrogens (tertiary/aromatic N) is 3. The van der Waals surface area contributed by atoms with Crippen LogP contribution in [0.4, 0.5) is 13.2 Å². The predicted octanol–water partition coefficient (Wildman–Crippen LogP) is 5.17. The Morgan fingerprint density at radius 3 is 2.56 bits per heavy atom. The van der Waals surface area contributed by atoms with Crippen molar-refractivity contribution in [1.82, 2.24) is 9.55 Å². The van der Waals surface area contributed by atoms with Crippen LogP contribution >= 0.6 is 0 Å². The normalized spacial score (nSPS) is 13.1. The molecule has 1 aliphatic heterocycles. The maximum absolute atomic E-state index is 12.5. The Morgan fingerprint density at radius 1 is 1.15 bits per heavy atom. The van der Waals surface area contributed by atoms with E-state index in [1.165, 1.54) is 6.33 Å². The third-order valence-electron chi connectivity index (χ3n) is 4.95. The van der Waals surface area contributed by atoms with Gasteiger partial charge in [0.15, 0.2) is 12.3 Å². The lowest BCUT2D eigenvalue weighted by atomic mass is 9.98. The molecule has 1 aromatic heterocycles. The van der Waals surface area contributed by atoms with Crippen molar-refractivity contribution in [2.24, 2.45) is 4.99 Å². The minimum Gasteiger partial charge on any atom is -0.451 e. The molecule has 0 saturated heterocycles. The van der Waals surface area contributed by atoms with Gasteiger partial charge in [-0.15, -0.1) is 5.54 Å². The zero-order valence-electron chi connectivity index (χ0n) is 18.9. The van der Waals surface area contributed by atoms with Gasteiger partial charge in [-0.05, 0) is 18.2 Å². The highest BCUT2D eigenvalue weighted by molar-refractivity contribution is 6.83. The number of fused-ring (bicyclic) bond motifs is 3. The van der Waals surface area contributed by atoms with Crippen LogP contribution in [0.1, 0.15) is 32.9 Å². The standard InChI is InChI=1S/C25H22F3N3O2Si/c1-34(2,3)12-11-17-9-10-20-19(13-17)22(18-7-5-4-6-8-18)29-14-21-23(30-16-31(20)21)24(32)33-15-25(26,27)28/h4-10,13,16H,14-15H2,1-3H3. The molecule has 34 heavy (non-hydrogen) atoms. The van der Waals surface area contributed by atoms with E-state index in [9.17, 15) is 18.0 Å². The molecule has 9 heteroatoms. The third-order valence-corrected chi connectivity index (χ3v) is 5.83. The minimum atomic E-state index is -4.62. The number of carbonyl (C=O) groups excluding carboxylic acids is 1. The molecule has 0 fully saturated rings. The first-order chi connectivity index (χ1) is 16.0. The van der Waals surface area contributed by atoms with Crippen LogP contribution in [-0.2, 0) is 11.3 Å². The molecule has 4 rings (SSSR count). The average molecular weight is 482 g/mol. The van der Waals surface area contributed by atoms with E-state index >= 15 is 0 Å². The molecule has 2 aromatic carbocycles. The number of esters is 1. The van der Waals surface area contributed by atoms with Crippen molar-refractivity contribution < 1.29 is 22.7 Å². The van der Waals surface area contributed by atoms with Crippen molar-refractivity contribution in [3.05, 3.63) is 82.9 Å². The van der Waals surface area contributed by atoms with E-state index in [1.54, 1.807) is 4.57 Å². The topological polar surface area (TPSA) is 56.5 Å². The summed E-state index contributed by atoms with van der Waals surface area (Å²) in [5.41, 5.74) is 7.43. The zero-order chi connectivity index (χ0) is 24.5. The number of ether oxygens (including phenoxy) is 1. The maximum atomic E-state index is 12.5. The number of hydrogen-bond acceptors (Lipinski definition) is 4. The number of aromatic nitrogens is 2. The highest BCUT2D eigenvalue weighted by atomic mass is 28.3. The van der Waals surface area contributed by atoms with Crippen molar-refractivity contribution >= 4 is 19.8 Å². The summed E-state index contributed by atoms with van der Waals surface area (Å²) in [6.07, 6.45) is -3.21. The van der Waals surface area contributed by atoms with Crippen LogP contribution < -0.4 is 0 Å². The smallest absolute Gasteiger partial charge is 0.422 e. The second-order valence-corrected chi connectivity index (χ2v) is 13.6. The quantitative estimate of drug-likeness (QED) is 0.295. The molecule has 0 spiro atoms. The van der Waals surface area contributed by atoms with E-state index in [4.69, 9.17) is 4.99 Å². The van der Waals surface area contributed by atoms with E-state index < -0.39 is 26.8 Å². The molecule has 0 unspecified atom stereocenters. The Bertz CT molecular complexity index is 1330. The van der Waals surface area contributed by atoms with Crippen molar-refractivity contribution in [1.29, 1.82) is 0 Å². The van der Waals surface area contributed by atoms with Gasteiger partial charge in [0.2, 0.25) is 0 Å². The van der Waals surface area contributed by atoms with Gasteiger partial charge in [-0.2, -0.15) is 13.2 Å². The van der Waals surface area contributed by atoms with Gasteiger partial charge in [-0.3, -0.25) is 9.56 Å². The van der Waals surface area contributed by atoms with Crippen LogP contribution in [0.5, 0.6) is 0 Å². The summed E-state index contributed by atoms with van der Waals surface area (Å²) in [4.78, 5) is 21.2. The number of rotatable bonds is 3. The van der Waals surface area contributed by atoms with Crippen molar-refractivity contribution in [2.75, 3.05) is 6.61 Å². The predicted molar refractivity (Wildman–Crippen MR) is 126 cm³/mol. The molecule has 0 saturated carbocycles. The highest BCUT2D eigenvalue weighted by Crippen LogP contribution is 2.28. The van der Waals surface area contributed by atoms with Crippen LogP contribution in [0, 0.1) is 11.5 Å². The number of aliphatic imine (C=N–C) groups is 1. The fourth-order valence-corrected chi connectivity index (χ4v) is 3.99. The number of alkyl halides is 3. The van der Waals surface area contributed by atoms with Gasteiger partial charge in [-0.25, -0.2) is 9.78 Å². The third kappa shape index (κ3) is 5.29. The molecule has 0 aliphatic carbocycles. The van der Waals surface area contributed by atoms with Crippen molar-refractivity contribution in [2.45, 2.75) is 32.4 Å². The molecule has 0 N–H and O–H groups in total. The lowest BCUT2D eigenvalue weighted by Crippen LogP contribution is -2.21. The lowest BCUT2D eigenvalue weighted by Gasteiger charge is -2.13. The summed E-state index contributed by atoms with van der Waals surface area (Å²) >= 11 is 0. The molecular weight excluding hydrogens is 459 g/mol. The first-order valence-electron chi connectivity index (χ1n) is 10.6. The SMILES string of the molecule is C[Si](C)(C)C#Cc1ccc2c(c1)C(c1ccccc1)=NCc1c(C(=O)OCC(F)(F)F)ncn1-2. The molecule has 2 heterocycles. The Kier molecular flexibility index (Phi) is 6.19. The second kappa shape index (κ2) is 8.95. The van der Waals surface area contributed by atoms with Gasteiger partial charge in [-0.1, -0.05) is 55.9 Å². The molecule has 0 amide bonds. The average Bonchev–Trinajstić information content (AvgIpc) is 3.13. The summed E-state index contributed by atoms with van der Waals surface area (Å²) in [6.45, 7) is 4.87. The molecule has 1 aliphatic rings. The Morgan fingerprint density at radius 2 is 1.88 bits per heavy atom. The van der Waals surface area contributed by atoms with E-state index in [-0.39, 0.29) is 12.2 Å². The molecule has 0 atom stereocenters. The van der Waals surface area contributed by atoms with Gasteiger partial charge >= 0.3 is 12.1 Å². The van der Waals surface area contributed by atoms with Crippen LogP contribution in [0.15, 0.2) is 59.9 Å². The maximum Gasteiger partial charge on any atom is 0.422 e. The van der Waals surface area contributed by atoms with Gasteiger partial charge in [0.1, 0.15) is 14.4 Å². The Balaban J connectivity index is 1.82. The summed E-state index contributed by atoms with van der Waals surface area (Å²) in [5, 5.41) is 0. The number of benzene rings is 2. The molecule has 0 radical (unpaired) electrons. The van der Waals surface area contributed by atoms with E-state index in [2.05, 4.69) is 40.8 Å². The number of hydrogen-bond donors (Lipinski definition) is 0. The fourth-order valence-electron chi connectivity index (χ4n) is 3.47. The summed E-state index contributed by atoms with van der Waals surface area (Å²) in [5.74, 6) is 2.12. The molecule has 174 valence electrons. The monoisotopic (exact) mass is 481 g/mol. The summed E-state index contributed by atoms with van der Waals surface area (Å²) in [7, 11) is -1.59. The first-order valence-corrected chi connectivity index (χ1v) is 14.1. The van der Waals surface area contributed by atoms with Crippen LogP contribution in [0.3, 0.4) is 0 Å².